The van der Waals surface area contributed by atoms with E-state index in [4.69, 9.17) is 0 Å². The minimum atomic E-state index is -0.260. The van der Waals surface area contributed by atoms with Crippen molar-refractivity contribution in [2.24, 2.45) is 10.9 Å². The Morgan fingerprint density at radius 3 is 2.70 bits per heavy atom. The average molecular weight is 353 g/mol. The van der Waals surface area contributed by atoms with Gasteiger partial charge in [-0.2, -0.15) is 0 Å². The molecule has 6 heteroatoms. The van der Waals surface area contributed by atoms with Crippen LogP contribution in [0.4, 0.5) is 4.39 Å². The minimum Gasteiger partial charge on any atom is -0.342 e. The topological polar surface area (TPSA) is 32.7 Å². The van der Waals surface area contributed by atoms with Gasteiger partial charge < -0.3 is 4.90 Å². The summed E-state index contributed by atoms with van der Waals surface area (Å²) in [5.74, 6) is 2.81. The van der Waals surface area contributed by atoms with Gasteiger partial charge in [0.2, 0.25) is 5.91 Å². The van der Waals surface area contributed by atoms with Gasteiger partial charge in [0.25, 0.3) is 0 Å². The summed E-state index contributed by atoms with van der Waals surface area (Å²) < 4.78 is 14.1. The van der Waals surface area contributed by atoms with Gasteiger partial charge in [-0.05, 0) is 36.5 Å². The summed E-state index contributed by atoms with van der Waals surface area (Å²) in [6.45, 7) is 2.64. The number of hydrogen-bond donors (Lipinski definition) is 0. The number of likely N-dealkylation sites (tertiary alicyclic amines) is 1. The minimum absolute atomic E-state index is 0.151. The number of halogens is 1. The molecule has 2 aliphatic heterocycles. The zero-order chi connectivity index (χ0) is 16.1. The van der Waals surface area contributed by atoms with Gasteiger partial charge in [-0.25, -0.2) is 4.39 Å². The van der Waals surface area contributed by atoms with Crippen LogP contribution in [0.2, 0.25) is 0 Å². The monoisotopic (exact) mass is 352 g/mol. The van der Waals surface area contributed by atoms with Gasteiger partial charge in [-0.3, -0.25) is 9.79 Å². The zero-order valence-corrected chi connectivity index (χ0v) is 14.7. The van der Waals surface area contributed by atoms with Crippen molar-refractivity contribution in [3.63, 3.8) is 0 Å². The first-order valence-electron chi connectivity index (χ1n) is 8.03. The number of piperidine rings is 1. The smallest absolute Gasteiger partial charge is 0.226 e. The van der Waals surface area contributed by atoms with Crippen LogP contribution in [0.5, 0.6) is 0 Å². The Hall–Kier alpha value is -1.01. The Bertz CT molecular complexity index is 568. The highest BCUT2D eigenvalue weighted by molar-refractivity contribution is 8.39. The normalized spacial score (nSPS) is 19.0. The first kappa shape index (κ1) is 16.8. The van der Waals surface area contributed by atoms with Crippen molar-refractivity contribution in [1.82, 2.24) is 4.90 Å². The molecule has 1 fully saturated rings. The Labute approximate surface area is 145 Å². The van der Waals surface area contributed by atoms with E-state index in [2.05, 4.69) is 4.99 Å². The van der Waals surface area contributed by atoms with Gasteiger partial charge in [0.05, 0.1) is 13.0 Å². The van der Waals surface area contributed by atoms with Gasteiger partial charge in [0.1, 0.15) is 10.2 Å². The van der Waals surface area contributed by atoms with Crippen molar-refractivity contribution in [2.75, 3.05) is 31.1 Å². The maximum absolute atomic E-state index is 12.9. The molecule has 124 valence electrons. The van der Waals surface area contributed by atoms with E-state index in [0.29, 0.717) is 12.3 Å². The lowest BCUT2D eigenvalue weighted by Gasteiger charge is -2.32. The number of aliphatic imine (C=N–C) groups is 1. The lowest BCUT2D eigenvalue weighted by Crippen LogP contribution is -2.39. The van der Waals surface area contributed by atoms with Gasteiger partial charge in [0, 0.05) is 24.6 Å². The van der Waals surface area contributed by atoms with Crippen LogP contribution >= 0.6 is 23.5 Å². The van der Waals surface area contributed by atoms with Crippen LogP contribution in [-0.2, 0) is 11.2 Å². The van der Waals surface area contributed by atoms with Gasteiger partial charge in [-0.15, -0.1) is 0 Å². The largest absolute Gasteiger partial charge is 0.342 e. The fraction of sp³-hybridized carbons (Fsp3) is 0.529. The number of benzene rings is 1. The van der Waals surface area contributed by atoms with Crippen molar-refractivity contribution >= 4 is 33.8 Å². The molecular weight excluding hydrogens is 331 g/mol. The van der Waals surface area contributed by atoms with E-state index in [1.165, 1.54) is 16.5 Å². The molecule has 0 saturated carbocycles. The third-order valence-electron chi connectivity index (χ3n) is 4.24. The molecule has 23 heavy (non-hydrogen) atoms. The maximum atomic E-state index is 12.9. The second kappa shape index (κ2) is 8.20. The number of nitrogens with zero attached hydrogens (tertiary/aromatic N) is 2. The molecule has 3 rings (SSSR count). The fourth-order valence-corrected chi connectivity index (χ4v) is 5.05. The molecule has 1 saturated heterocycles. The summed E-state index contributed by atoms with van der Waals surface area (Å²) in [4.78, 5) is 18.7. The van der Waals surface area contributed by atoms with Crippen LogP contribution in [0.25, 0.3) is 0 Å². The predicted molar refractivity (Wildman–Crippen MR) is 96.6 cm³/mol. The van der Waals surface area contributed by atoms with E-state index in [1.807, 2.05) is 28.4 Å². The van der Waals surface area contributed by atoms with Crippen LogP contribution in [0.15, 0.2) is 29.3 Å². The Kier molecular flexibility index (Phi) is 6.00. The van der Waals surface area contributed by atoms with Gasteiger partial charge in [-0.1, -0.05) is 35.7 Å². The van der Waals surface area contributed by atoms with Crippen molar-refractivity contribution in [3.05, 3.63) is 35.6 Å². The predicted octanol–water partition coefficient (Wildman–Crippen LogP) is 3.44. The molecule has 1 amide bonds. The quantitative estimate of drug-likeness (QED) is 0.832. The number of hydrogen-bond acceptors (Lipinski definition) is 4. The number of thioether (sulfide) groups is 2. The Morgan fingerprint density at radius 1 is 1.30 bits per heavy atom. The molecule has 0 aliphatic carbocycles. The molecule has 0 unspecified atom stereocenters. The lowest BCUT2D eigenvalue weighted by atomic mass is 9.98. The van der Waals surface area contributed by atoms with Crippen molar-refractivity contribution in [1.29, 1.82) is 0 Å². The first-order chi connectivity index (χ1) is 11.2. The second-order valence-electron chi connectivity index (χ2n) is 5.93. The van der Waals surface area contributed by atoms with Crippen molar-refractivity contribution < 1.29 is 9.18 Å². The van der Waals surface area contributed by atoms with Gasteiger partial charge in [0.15, 0.2) is 0 Å². The summed E-state index contributed by atoms with van der Waals surface area (Å²) in [6.07, 6.45) is 2.51. The maximum Gasteiger partial charge on any atom is 0.226 e. The van der Waals surface area contributed by atoms with E-state index in [-0.39, 0.29) is 11.7 Å². The third-order valence-corrected chi connectivity index (χ3v) is 6.72. The molecule has 2 aliphatic rings. The summed E-state index contributed by atoms with van der Waals surface area (Å²) in [6, 6.07) is 6.21. The van der Waals surface area contributed by atoms with E-state index in [0.717, 1.165) is 49.5 Å². The Balaban J connectivity index is 1.41. The molecule has 0 aromatic heterocycles. The van der Waals surface area contributed by atoms with E-state index in [9.17, 15) is 9.18 Å². The van der Waals surface area contributed by atoms with Crippen molar-refractivity contribution in [2.45, 2.75) is 19.3 Å². The molecule has 0 radical (unpaired) electrons. The summed E-state index contributed by atoms with van der Waals surface area (Å²) in [5, 5.41) is 0. The molecule has 1 aromatic carbocycles. The van der Waals surface area contributed by atoms with E-state index < -0.39 is 0 Å². The number of carbonyl (C=O) groups excluding carboxylic acids is 1. The standard InChI is InChI=1S/C17H21FN2OS2/c18-15-3-1-13(2-4-15)11-16(21)20-8-5-14(6-9-20)12-23-17-19-7-10-22-17/h1-4,14H,5-12H2. The molecule has 2 heterocycles. The first-order valence-corrected chi connectivity index (χ1v) is 10.00. The molecule has 0 bridgehead atoms. The van der Waals surface area contributed by atoms with Crippen molar-refractivity contribution in [3.8, 4) is 0 Å². The van der Waals surface area contributed by atoms with Crippen LogP contribution in [0.3, 0.4) is 0 Å². The van der Waals surface area contributed by atoms with Crippen LogP contribution in [0, 0.1) is 11.7 Å². The van der Waals surface area contributed by atoms with Crippen LogP contribution in [0.1, 0.15) is 18.4 Å². The molecule has 0 spiro atoms. The number of amides is 1. The van der Waals surface area contributed by atoms with Gasteiger partial charge >= 0.3 is 0 Å². The third kappa shape index (κ3) is 4.98. The van der Waals surface area contributed by atoms with E-state index >= 15 is 0 Å². The summed E-state index contributed by atoms with van der Waals surface area (Å²) >= 11 is 3.74. The molecule has 3 nitrogen and oxygen atoms in total. The highest BCUT2D eigenvalue weighted by Gasteiger charge is 2.23. The molecule has 0 N–H and O–H groups in total. The lowest BCUT2D eigenvalue weighted by molar-refractivity contribution is -0.131. The summed E-state index contributed by atoms with van der Waals surface area (Å²) in [5.41, 5.74) is 0.880. The molecule has 0 atom stereocenters. The van der Waals surface area contributed by atoms with Crippen LogP contribution < -0.4 is 0 Å². The average Bonchev–Trinajstić information content (AvgIpc) is 3.09. The zero-order valence-electron chi connectivity index (χ0n) is 13.0. The Morgan fingerprint density at radius 2 is 2.04 bits per heavy atom. The van der Waals surface area contributed by atoms with Crippen LogP contribution in [-0.4, -0.2) is 46.3 Å². The summed E-state index contributed by atoms with van der Waals surface area (Å²) in [7, 11) is 0. The fourth-order valence-electron chi connectivity index (χ4n) is 2.83. The second-order valence-corrected chi connectivity index (χ2v) is 8.29. The van der Waals surface area contributed by atoms with E-state index in [1.54, 1.807) is 12.1 Å². The number of rotatable bonds is 4. The SMILES string of the molecule is O=C(Cc1ccc(F)cc1)N1CCC(CSC2=NCCS2)CC1. The molecule has 1 aromatic rings. The highest BCUT2D eigenvalue weighted by atomic mass is 32.2. The number of carbonyl (C=O) groups is 1. The molecular formula is C17H21FN2OS2. The highest BCUT2D eigenvalue weighted by Crippen LogP contribution is 2.28.